The molecule has 0 amide bonds. The quantitative estimate of drug-likeness (QED) is 0.921. The van der Waals surface area contributed by atoms with Gasteiger partial charge in [-0.15, -0.1) is 11.3 Å². The summed E-state index contributed by atoms with van der Waals surface area (Å²) in [6.45, 7) is 5.96. The molecule has 0 radical (unpaired) electrons. The molecule has 4 heteroatoms. The molecule has 1 aliphatic carbocycles. The molecule has 0 bridgehead atoms. The first-order valence-electron chi connectivity index (χ1n) is 7.27. The average molecular weight is 281 g/mol. The maximum atomic E-state index is 5.77. The SMILES string of the molecule is Cc1ccc(C(C)NC2CCC3(CC2)OCCO3)s1. The highest BCUT2D eigenvalue weighted by molar-refractivity contribution is 7.12. The first kappa shape index (κ1) is 13.6. The second-order valence-electron chi connectivity index (χ2n) is 5.72. The van der Waals surface area contributed by atoms with Crippen LogP contribution in [0.2, 0.25) is 0 Å². The molecular weight excluding hydrogens is 258 g/mol. The van der Waals surface area contributed by atoms with E-state index >= 15 is 0 Å². The van der Waals surface area contributed by atoms with Crippen LogP contribution in [0, 0.1) is 6.92 Å². The zero-order valence-corrected chi connectivity index (χ0v) is 12.6. The normalized spacial score (nSPS) is 24.9. The Labute approximate surface area is 119 Å². The Kier molecular flexibility index (Phi) is 3.94. The number of nitrogens with one attached hydrogen (secondary N) is 1. The fourth-order valence-corrected chi connectivity index (χ4v) is 4.02. The van der Waals surface area contributed by atoms with E-state index in [0.29, 0.717) is 12.1 Å². The Morgan fingerprint density at radius 3 is 2.53 bits per heavy atom. The van der Waals surface area contributed by atoms with Gasteiger partial charge in [-0.05, 0) is 38.8 Å². The molecule has 19 heavy (non-hydrogen) atoms. The van der Waals surface area contributed by atoms with Crippen molar-refractivity contribution < 1.29 is 9.47 Å². The van der Waals surface area contributed by atoms with Crippen LogP contribution < -0.4 is 5.32 Å². The van der Waals surface area contributed by atoms with Gasteiger partial charge in [0.2, 0.25) is 0 Å². The van der Waals surface area contributed by atoms with Crippen LogP contribution in [0.25, 0.3) is 0 Å². The van der Waals surface area contributed by atoms with E-state index in [1.54, 1.807) is 0 Å². The number of rotatable bonds is 3. The second kappa shape index (κ2) is 5.52. The molecule has 1 aromatic heterocycles. The molecule has 3 rings (SSSR count). The smallest absolute Gasteiger partial charge is 0.168 e. The fourth-order valence-electron chi connectivity index (χ4n) is 3.13. The molecular formula is C15H23NO2S. The fraction of sp³-hybridized carbons (Fsp3) is 0.733. The van der Waals surface area contributed by atoms with Gasteiger partial charge in [-0.1, -0.05) is 0 Å². The number of hydrogen-bond acceptors (Lipinski definition) is 4. The third-order valence-corrected chi connectivity index (χ3v) is 5.42. The molecule has 1 saturated heterocycles. The van der Waals surface area contributed by atoms with Crippen LogP contribution in [0.5, 0.6) is 0 Å². The molecule has 1 saturated carbocycles. The van der Waals surface area contributed by atoms with Gasteiger partial charge in [0.15, 0.2) is 5.79 Å². The van der Waals surface area contributed by atoms with Crippen molar-refractivity contribution in [3.05, 3.63) is 21.9 Å². The Hall–Kier alpha value is -0.420. The minimum Gasteiger partial charge on any atom is -0.348 e. The summed E-state index contributed by atoms with van der Waals surface area (Å²) in [5.41, 5.74) is 0. The Morgan fingerprint density at radius 2 is 1.95 bits per heavy atom. The van der Waals surface area contributed by atoms with Crippen molar-refractivity contribution >= 4 is 11.3 Å². The van der Waals surface area contributed by atoms with Crippen LogP contribution >= 0.6 is 11.3 Å². The minimum atomic E-state index is -0.235. The lowest BCUT2D eigenvalue weighted by atomic mass is 9.89. The second-order valence-corrected chi connectivity index (χ2v) is 7.04. The summed E-state index contributed by atoms with van der Waals surface area (Å²) >= 11 is 1.89. The van der Waals surface area contributed by atoms with Crippen LogP contribution in [-0.2, 0) is 9.47 Å². The van der Waals surface area contributed by atoms with E-state index in [-0.39, 0.29) is 5.79 Å². The van der Waals surface area contributed by atoms with E-state index in [1.807, 2.05) is 11.3 Å². The first-order valence-corrected chi connectivity index (χ1v) is 8.09. The molecule has 1 unspecified atom stereocenters. The van der Waals surface area contributed by atoms with Gasteiger partial charge in [0.25, 0.3) is 0 Å². The van der Waals surface area contributed by atoms with Crippen molar-refractivity contribution in [1.29, 1.82) is 0 Å². The molecule has 106 valence electrons. The third kappa shape index (κ3) is 3.02. The van der Waals surface area contributed by atoms with E-state index in [2.05, 4.69) is 31.3 Å². The summed E-state index contributed by atoms with van der Waals surface area (Å²) in [7, 11) is 0. The molecule has 2 heterocycles. The Morgan fingerprint density at radius 1 is 1.26 bits per heavy atom. The highest BCUT2D eigenvalue weighted by Gasteiger charge is 2.40. The van der Waals surface area contributed by atoms with Gasteiger partial charge in [-0.25, -0.2) is 0 Å². The molecule has 1 aliphatic heterocycles. The standard InChI is InChI=1S/C15H23NO2S/c1-11-3-4-14(19-11)12(2)16-13-5-7-15(8-6-13)17-9-10-18-15/h3-4,12-13,16H,5-10H2,1-2H3. The van der Waals surface area contributed by atoms with Crippen molar-refractivity contribution in [2.45, 2.75) is 57.4 Å². The van der Waals surface area contributed by atoms with Crippen LogP contribution in [0.1, 0.15) is 48.4 Å². The van der Waals surface area contributed by atoms with Gasteiger partial charge in [-0.3, -0.25) is 0 Å². The van der Waals surface area contributed by atoms with E-state index in [4.69, 9.17) is 9.47 Å². The number of hydrogen-bond donors (Lipinski definition) is 1. The number of thiophene rings is 1. The lowest BCUT2D eigenvalue weighted by molar-refractivity contribution is -0.179. The van der Waals surface area contributed by atoms with Crippen LogP contribution in [0.4, 0.5) is 0 Å². The molecule has 1 N–H and O–H groups in total. The average Bonchev–Trinajstić information content (AvgIpc) is 3.02. The first-order chi connectivity index (χ1) is 9.17. The lowest BCUT2D eigenvalue weighted by Gasteiger charge is -2.36. The lowest BCUT2D eigenvalue weighted by Crippen LogP contribution is -2.42. The summed E-state index contributed by atoms with van der Waals surface area (Å²) in [6, 6.07) is 5.48. The zero-order chi connectivity index (χ0) is 13.3. The molecule has 0 aromatic carbocycles. The van der Waals surface area contributed by atoms with E-state index in [9.17, 15) is 0 Å². The monoisotopic (exact) mass is 281 g/mol. The van der Waals surface area contributed by atoms with Gasteiger partial charge in [-0.2, -0.15) is 0 Å². The molecule has 3 nitrogen and oxygen atoms in total. The predicted octanol–water partition coefficient (Wildman–Crippen LogP) is 3.39. The molecule has 1 atom stereocenters. The Bertz CT molecular complexity index is 416. The van der Waals surface area contributed by atoms with E-state index in [1.165, 1.54) is 9.75 Å². The molecule has 2 aliphatic rings. The summed E-state index contributed by atoms with van der Waals surface area (Å²) in [5, 5.41) is 3.75. The van der Waals surface area contributed by atoms with Gasteiger partial charge >= 0.3 is 0 Å². The van der Waals surface area contributed by atoms with Gasteiger partial charge < -0.3 is 14.8 Å². The van der Waals surface area contributed by atoms with Gasteiger partial charge in [0.05, 0.1) is 13.2 Å². The summed E-state index contributed by atoms with van der Waals surface area (Å²) in [6.07, 6.45) is 4.35. The van der Waals surface area contributed by atoms with Crippen molar-refractivity contribution in [2.24, 2.45) is 0 Å². The summed E-state index contributed by atoms with van der Waals surface area (Å²) in [5.74, 6) is -0.235. The molecule has 2 fully saturated rings. The molecule has 1 aromatic rings. The van der Waals surface area contributed by atoms with Crippen LogP contribution in [-0.4, -0.2) is 25.0 Å². The van der Waals surface area contributed by atoms with Crippen LogP contribution in [0.3, 0.4) is 0 Å². The van der Waals surface area contributed by atoms with E-state index in [0.717, 1.165) is 38.9 Å². The van der Waals surface area contributed by atoms with Crippen molar-refractivity contribution in [3.8, 4) is 0 Å². The minimum absolute atomic E-state index is 0.235. The largest absolute Gasteiger partial charge is 0.348 e. The van der Waals surface area contributed by atoms with Crippen LogP contribution in [0.15, 0.2) is 12.1 Å². The third-order valence-electron chi connectivity index (χ3n) is 4.23. The molecule has 1 spiro atoms. The highest BCUT2D eigenvalue weighted by Crippen LogP contribution is 2.36. The van der Waals surface area contributed by atoms with Gasteiger partial charge in [0.1, 0.15) is 0 Å². The van der Waals surface area contributed by atoms with Crippen molar-refractivity contribution in [1.82, 2.24) is 5.32 Å². The predicted molar refractivity (Wildman–Crippen MR) is 77.5 cm³/mol. The summed E-state index contributed by atoms with van der Waals surface area (Å²) < 4.78 is 11.5. The maximum absolute atomic E-state index is 5.77. The highest BCUT2D eigenvalue weighted by atomic mass is 32.1. The van der Waals surface area contributed by atoms with Crippen molar-refractivity contribution in [3.63, 3.8) is 0 Å². The Balaban J connectivity index is 1.52. The maximum Gasteiger partial charge on any atom is 0.168 e. The summed E-state index contributed by atoms with van der Waals surface area (Å²) in [4.78, 5) is 2.82. The number of aryl methyl sites for hydroxylation is 1. The van der Waals surface area contributed by atoms with E-state index < -0.39 is 0 Å². The van der Waals surface area contributed by atoms with Crippen molar-refractivity contribution in [2.75, 3.05) is 13.2 Å². The zero-order valence-electron chi connectivity index (χ0n) is 11.8. The number of ether oxygens (including phenoxy) is 2. The topological polar surface area (TPSA) is 30.5 Å². The van der Waals surface area contributed by atoms with Gasteiger partial charge in [0, 0.05) is 34.7 Å².